The van der Waals surface area contributed by atoms with E-state index in [4.69, 9.17) is 0 Å². The van der Waals surface area contributed by atoms with Crippen LogP contribution >= 0.6 is 0 Å². The van der Waals surface area contributed by atoms with Crippen molar-refractivity contribution in [3.05, 3.63) is 66.0 Å². The third kappa shape index (κ3) is 5.18. The first kappa shape index (κ1) is 18.2. The molecule has 134 valence electrons. The van der Waals surface area contributed by atoms with Gasteiger partial charge >= 0.3 is 0 Å². The predicted octanol–water partition coefficient (Wildman–Crippen LogP) is 2.60. The lowest BCUT2D eigenvalue weighted by molar-refractivity contribution is -0.126. The van der Waals surface area contributed by atoms with Crippen LogP contribution in [0.4, 0.5) is 0 Å². The Labute approximate surface area is 155 Å². The number of pyridine rings is 1. The molecule has 4 heteroatoms. The van der Waals surface area contributed by atoms with E-state index < -0.39 is 0 Å². The fourth-order valence-electron chi connectivity index (χ4n) is 3.25. The van der Waals surface area contributed by atoms with Crippen LogP contribution in [0, 0.1) is 11.8 Å². The molecule has 0 bridgehead atoms. The number of carbonyl (C=O) groups excluding carboxylic acids is 1. The largest absolute Gasteiger partial charge is 0.332 e. The summed E-state index contributed by atoms with van der Waals surface area (Å²) in [5, 5.41) is 0. The molecule has 1 saturated heterocycles. The second kappa shape index (κ2) is 9.17. The van der Waals surface area contributed by atoms with E-state index in [-0.39, 0.29) is 11.9 Å². The van der Waals surface area contributed by atoms with Crippen LogP contribution in [0.1, 0.15) is 24.1 Å². The number of rotatable bonds is 4. The van der Waals surface area contributed by atoms with Gasteiger partial charge < -0.3 is 9.80 Å². The maximum Gasteiger partial charge on any atom is 0.298 e. The Kier molecular flexibility index (Phi) is 6.40. The molecular formula is C22H25N3O. The third-order valence-electron chi connectivity index (χ3n) is 4.92. The molecule has 2 heterocycles. The topological polar surface area (TPSA) is 36.4 Å². The Morgan fingerprint density at radius 2 is 1.88 bits per heavy atom. The van der Waals surface area contributed by atoms with Gasteiger partial charge in [0.05, 0.1) is 0 Å². The summed E-state index contributed by atoms with van der Waals surface area (Å²) in [6, 6.07) is 16.0. The smallest absolute Gasteiger partial charge is 0.298 e. The van der Waals surface area contributed by atoms with Gasteiger partial charge in [-0.05, 0) is 37.1 Å². The number of aromatic nitrogens is 1. The van der Waals surface area contributed by atoms with Crippen molar-refractivity contribution in [1.29, 1.82) is 0 Å². The molecule has 1 aromatic carbocycles. The van der Waals surface area contributed by atoms with E-state index in [9.17, 15) is 4.79 Å². The summed E-state index contributed by atoms with van der Waals surface area (Å²) >= 11 is 0. The fourth-order valence-corrected chi connectivity index (χ4v) is 3.25. The first-order valence-corrected chi connectivity index (χ1v) is 9.18. The zero-order valence-corrected chi connectivity index (χ0v) is 15.3. The van der Waals surface area contributed by atoms with Crippen LogP contribution in [0.3, 0.4) is 0 Å². The number of piperidine rings is 1. The van der Waals surface area contributed by atoms with Crippen LogP contribution in [0.15, 0.2) is 54.7 Å². The summed E-state index contributed by atoms with van der Waals surface area (Å²) in [6.07, 6.45) is 4.82. The Balaban J connectivity index is 1.45. The molecule has 0 atom stereocenters. The number of benzene rings is 1. The highest BCUT2D eigenvalue weighted by atomic mass is 16.2. The number of nitrogens with zero attached hydrogens (tertiary/aromatic N) is 3. The van der Waals surface area contributed by atoms with Gasteiger partial charge in [-0.15, -0.1) is 0 Å². The average molecular weight is 347 g/mol. The summed E-state index contributed by atoms with van der Waals surface area (Å²) in [6.45, 7) is 3.05. The molecule has 0 radical (unpaired) electrons. The minimum atomic E-state index is -0.0965. The number of amides is 1. The molecule has 1 aliphatic rings. The minimum Gasteiger partial charge on any atom is -0.332 e. The van der Waals surface area contributed by atoms with E-state index >= 15 is 0 Å². The highest BCUT2D eigenvalue weighted by Crippen LogP contribution is 2.16. The molecule has 1 aromatic heterocycles. The second-order valence-corrected chi connectivity index (χ2v) is 6.68. The third-order valence-corrected chi connectivity index (χ3v) is 4.92. The lowest BCUT2D eigenvalue weighted by Crippen LogP contribution is -2.45. The molecule has 2 aromatic rings. The summed E-state index contributed by atoms with van der Waals surface area (Å²) in [7, 11) is 1.87. The Morgan fingerprint density at radius 1 is 1.15 bits per heavy atom. The summed E-state index contributed by atoms with van der Waals surface area (Å²) < 4.78 is 0. The highest BCUT2D eigenvalue weighted by molar-refractivity contribution is 5.94. The van der Waals surface area contributed by atoms with Gasteiger partial charge in [0.1, 0.15) is 0 Å². The number of hydrogen-bond acceptors (Lipinski definition) is 3. The van der Waals surface area contributed by atoms with Gasteiger partial charge in [0, 0.05) is 62.5 Å². The van der Waals surface area contributed by atoms with Crippen LogP contribution < -0.4 is 0 Å². The molecule has 1 fully saturated rings. The molecule has 0 N–H and O–H groups in total. The van der Waals surface area contributed by atoms with E-state index in [1.807, 2.05) is 60.6 Å². The summed E-state index contributed by atoms with van der Waals surface area (Å²) in [5.74, 6) is 5.63. The Bertz CT molecular complexity index is 756. The molecule has 0 saturated carbocycles. The quantitative estimate of drug-likeness (QED) is 0.798. The van der Waals surface area contributed by atoms with Gasteiger partial charge in [-0.3, -0.25) is 9.78 Å². The lowest BCUT2D eigenvalue weighted by Gasteiger charge is -2.36. The van der Waals surface area contributed by atoms with Crippen LogP contribution in [-0.4, -0.2) is 53.4 Å². The van der Waals surface area contributed by atoms with Gasteiger partial charge in [-0.2, -0.15) is 0 Å². The molecule has 4 nitrogen and oxygen atoms in total. The number of hydrogen-bond donors (Lipinski definition) is 0. The maximum atomic E-state index is 12.3. The molecule has 1 aliphatic heterocycles. The monoisotopic (exact) mass is 347 g/mol. The van der Waals surface area contributed by atoms with Crippen molar-refractivity contribution in [2.45, 2.75) is 25.3 Å². The van der Waals surface area contributed by atoms with E-state index in [2.05, 4.69) is 27.8 Å². The maximum absolute atomic E-state index is 12.3. The normalized spacial score (nSPS) is 15.1. The van der Waals surface area contributed by atoms with E-state index in [0.717, 1.165) is 50.2 Å². The van der Waals surface area contributed by atoms with Crippen molar-refractivity contribution < 1.29 is 4.79 Å². The molecule has 0 aliphatic carbocycles. The molecule has 1 amide bonds. The van der Waals surface area contributed by atoms with Crippen LogP contribution in [0.25, 0.3) is 0 Å². The van der Waals surface area contributed by atoms with Crippen LogP contribution in [0.5, 0.6) is 0 Å². The van der Waals surface area contributed by atoms with Crippen molar-refractivity contribution >= 4 is 5.91 Å². The SMILES string of the molecule is CN(C(=O)C#Cc1ccccc1)C1CCN(CCc2ccccn2)CC1. The first-order chi connectivity index (χ1) is 12.7. The molecule has 0 unspecified atom stereocenters. The fraction of sp³-hybridized carbons (Fsp3) is 0.364. The summed E-state index contributed by atoms with van der Waals surface area (Å²) in [4.78, 5) is 21.0. The lowest BCUT2D eigenvalue weighted by atomic mass is 10.0. The average Bonchev–Trinajstić information content (AvgIpc) is 2.72. The molecule has 3 rings (SSSR count). The van der Waals surface area contributed by atoms with E-state index in [0.29, 0.717) is 0 Å². The van der Waals surface area contributed by atoms with E-state index in [1.54, 1.807) is 0 Å². The standard InChI is InChI=1S/C22H25N3O/c1-24(22(26)11-10-19-7-3-2-4-8-19)21-13-17-25(18-14-21)16-12-20-9-5-6-15-23-20/h2-9,15,21H,12-14,16-18H2,1H3. The highest BCUT2D eigenvalue weighted by Gasteiger charge is 2.24. The van der Waals surface area contributed by atoms with Crippen LogP contribution in [-0.2, 0) is 11.2 Å². The molecule has 0 spiro atoms. The zero-order valence-electron chi connectivity index (χ0n) is 15.3. The van der Waals surface area contributed by atoms with Gasteiger partial charge in [-0.25, -0.2) is 0 Å². The van der Waals surface area contributed by atoms with Crippen molar-refractivity contribution in [1.82, 2.24) is 14.8 Å². The molecule has 26 heavy (non-hydrogen) atoms. The van der Waals surface area contributed by atoms with Gasteiger partial charge in [0.2, 0.25) is 0 Å². The zero-order chi connectivity index (χ0) is 18.2. The van der Waals surface area contributed by atoms with Crippen molar-refractivity contribution in [2.75, 3.05) is 26.7 Å². The van der Waals surface area contributed by atoms with Crippen molar-refractivity contribution in [2.24, 2.45) is 0 Å². The summed E-state index contributed by atoms with van der Waals surface area (Å²) in [5.41, 5.74) is 2.01. The van der Waals surface area contributed by atoms with Gasteiger partial charge in [0.15, 0.2) is 0 Å². The Hall–Kier alpha value is -2.64. The number of likely N-dealkylation sites (tertiary alicyclic amines) is 1. The van der Waals surface area contributed by atoms with Crippen LogP contribution in [0.2, 0.25) is 0 Å². The minimum absolute atomic E-state index is 0.0965. The van der Waals surface area contributed by atoms with Crippen molar-refractivity contribution in [3.63, 3.8) is 0 Å². The number of carbonyl (C=O) groups is 1. The second-order valence-electron chi connectivity index (χ2n) is 6.68. The van der Waals surface area contributed by atoms with Gasteiger partial charge in [0.25, 0.3) is 5.91 Å². The van der Waals surface area contributed by atoms with E-state index in [1.165, 1.54) is 0 Å². The first-order valence-electron chi connectivity index (χ1n) is 9.18. The predicted molar refractivity (Wildman–Crippen MR) is 103 cm³/mol. The Morgan fingerprint density at radius 3 is 2.58 bits per heavy atom. The van der Waals surface area contributed by atoms with Crippen molar-refractivity contribution in [3.8, 4) is 11.8 Å². The molecular weight excluding hydrogens is 322 g/mol. The van der Waals surface area contributed by atoms with Gasteiger partial charge in [-0.1, -0.05) is 30.2 Å².